The second kappa shape index (κ2) is 5.94. The summed E-state index contributed by atoms with van der Waals surface area (Å²) in [6.07, 6.45) is -0.349. The molecule has 86 valence electrons. The number of nitrogens with zero attached hydrogens (tertiary/aromatic N) is 2. The quantitative estimate of drug-likeness (QED) is 0.604. The molecule has 0 aliphatic rings. The minimum atomic E-state index is -0.736. The zero-order valence-electron chi connectivity index (χ0n) is 8.22. The molecule has 1 amide bonds. The average molecular weight is 408 g/mol. The molecule has 0 aromatic heterocycles. The lowest BCUT2D eigenvalue weighted by atomic mass is 10.2. The fourth-order valence-electron chi connectivity index (χ4n) is 1.08. The summed E-state index contributed by atoms with van der Waals surface area (Å²) in [6, 6.07) is 4.80. The van der Waals surface area contributed by atoms with Gasteiger partial charge in [0.2, 0.25) is 5.91 Å². The molecule has 0 heterocycles. The number of carbonyl (C=O) groups excluding carboxylic acids is 1. The Morgan fingerprint density at radius 3 is 2.76 bits per heavy atom. The van der Waals surface area contributed by atoms with Gasteiger partial charge >= 0.3 is 0 Å². The second-order valence-corrected chi connectivity index (χ2v) is 4.92. The van der Waals surface area contributed by atoms with E-state index in [1.54, 1.807) is 12.1 Å². The maximum Gasteiger partial charge on any atom is 0.238 e. The Kier molecular flexibility index (Phi) is 4.85. The predicted molar refractivity (Wildman–Crippen MR) is 70.4 cm³/mol. The van der Waals surface area contributed by atoms with E-state index in [9.17, 15) is 9.18 Å². The first-order valence-electron chi connectivity index (χ1n) is 4.25. The molecule has 0 radical (unpaired) electrons. The number of nitriles is 2. The van der Waals surface area contributed by atoms with Crippen molar-refractivity contribution in [1.82, 2.24) is 0 Å². The van der Waals surface area contributed by atoms with Gasteiger partial charge in [-0.25, -0.2) is 4.39 Å². The molecule has 0 aliphatic heterocycles. The van der Waals surface area contributed by atoms with Crippen molar-refractivity contribution in [3.05, 3.63) is 25.5 Å². The van der Waals surface area contributed by atoms with Crippen LogP contribution in [0.3, 0.4) is 0 Å². The van der Waals surface area contributed by atoms with Crippen LogP contribution in [0.25, 0.3) is 0 Å². The summed E-state index contributed by atoms with van der Waals surface area (Å²) in [5.41, 5.74) is -0.163. The van der Waals surface area contributed by atoms with Crippen molar-refractivity contribution in [3.8, 4) is 12.1 Å². The molecule has 4 nitrogen and oxygen atoms in total. The van der Waals surface area contributed by atoms with E-state index in [1.807, 2.05) is 22.6 Å². The van der Waals surface area contributed by atoms with E-state index in [-0.39, 0.29) is 22.1 Å². The highest BCUT2D eigenvalue weighted by Gasteiger charge is 2.17. The number of hydrogen-bond donors (Lipinski definition) is 1. The van der Waals surface area contributed by atoms with Gasteiger partial charge in [-0.15, -0.1) is 0 Å². The third kappa shape index (κ3) is 3.14. The number of halogens is 3. The van der Waals surface area contributed by atoms with E-state index >= 15 is 0 Å². The van der Waals surface area contributed by atoms with Gasteiger partial charge in [-0.2, -0.15) is 10.5 Å². The molecule has 0 saturated carbocycles. The standard InChI is InChI=1S/C10H4BrFIN3O/c11-6-3-7(13)10(5(4-15)9(6)12)16-8(17)1-2-14/h3H,1H2,(H,16,17). The Morgan fingerprint density at radius 2 is 2.24 bits per heavy atom. The smallest absolute Gasteiger partial charge is 0.238 e. The molecule has 0 unspecified atom stereocenters. The topological polar surface area (TPSA) is 76.7 Å². The van der Waals surface area contributed by atoms with E-state index in [0.29, 0.717) is 3.57 Å². The molecule has 1 aromatic carbocycles. The largest absolute Gasteiger partial charge is 0.323 e. The van der Waals surface area contributed by atoms with Gasteiger partial charge in [-0.05, 0) is 44.6 Å². The third-order valence-electron chi connectivity index (χ3n) is 1.79. The molecular formula is C10H4BrFIN3O. The highest BCUT2D eigenvalue weighted by molar-refractivity contribution is 14.1. The van der Waals surface area contributed by atoms with E-state index < -0.39 is 11.7 Å². The number of nitrogens with one attached hydrogen (secondary N) is 1. The van der Waals surface area contributed by atoms with Crippen LogP contribution in [0.4, 0.5) is 10.1 Å². The van der Waals surface area contributed by atoms with Crippen LogP contribution in [-0.4, -0.2) is 5.91 Å². The van der Waals surface area contributed by atoms with Crippen molar-refractivity contribution in [1.29, 1.82) is 10.5 Å². The Morgan fingerprint density at radius 1 is 1.59 bits per heavy atom. The molecule has 0 atom stereocenters. The van der Waals surface area contributed by atoms with E-state index in [1.165, 1.54) is 6.07 Å². The number of amides is 1. The molecule has 0 fully saturated rings. The minimum absolute atomic E-state index is 0.0917. The molecule has 1 N–H and O–H groups in total. The van der Waals surface area contributed by atoms with Crippen LogP contribution < -0.4 is 5.32 Å². The van der Waals surface area contributed by atoms with Gasteiger partial charge in [0, 0.05) is 3.57 Å². The van der Waals surface area contributed by atoms with E-state index in [2.05, 4.69) is 21.2 Å². The van der Waals surface area contributed by atoms with Gasteiger partial charge in [0.25, 0.3) is 0 Å². The summed E-state index contributed by atoms with van der Waals surface area (Å²) >= 11 is 4.84. The van der Waals surface area contributed by atoms with Crippen LogP contribution in [0.5, 0.6) is 0 Å². The zero-order valence-corrected chi connectivity index (χ0v) is 12.0. The summed E-state index contributed by atoms with van der Waals surface area (Å²) in [6.45, 7) is 0. The molecule has 0 spiro atoms. The molecule has 0 aliphatic carbocycles. The van der Waals surface area contributed by atoms with Crippen LogP contribution in [0, 0.1) is 32.0 Å². The summed E-state index contributed by atoms with van der Waals surface area (Å²) in [5, 5.41) is 19.6. The van der Waals surface area contributed by atoms with Crippen LogP contribution in [0.2, 0.25) is 0 Å². The van der Waals surface area contributed by atoms with Crippen molar-refractivity contribution in [2.24, 2.45) is 0 Å². The van der Waals surface area contributed by atoms with Crippen molar-refractivity contribution in [3.63, 3.8) is 0 Å². The lowest BCUT2D eigenvalue weighted by Gasteiger charge is -2.09. The van der Waals surface area contributed by atoms with Gasteiger partial charge in [-0.3, -0.25) is 4.79 Å². The van der Waals surface area contributed by atoms with E-state index in [4.69, 9.17) is 10.5 Å². The normalized spacial score (nSPS) is 9.24. The molecule has 0 bridgehead atoms. The lowest BCUT2D eigenvalue weighted by Crippen LogP contribution is -2.13. The molecule has 7 heteroatoms. The first-order chi connectivity index (χ1) is 8.01. The predicted octanol–water partition coefficient (Wildman–Crippen LogP) is 2.92. The summed E-state index contributed by atoms with van der Waals surface area (Å²) in [4.78, 5) is 11.2. The van der Waals surface area contributed by atoms with Crippen molar-refractivity contribution < 1.29 is 9.18 Å². The third-order valence-corrected chi connectivity index (χ3v) is 3.22. The fraction of sp³-hybridized carbons (Fsp3) is 0.100. The van der Waals surface area contributed by atoms with Gasteiger partial charge in [0.05, 0.1) is 16.2 Å². The maximum atomic E-state index is 13.6. The first kappa shape index (κ1) is 13.9. The number of benzene rings is 1. The first-order valence-corrected chi connectivity index (χ1v) is 6.12. The van der Waals surface area contributed by atoms with Crippen LogP contribution in [-0.2, 0) is 4.79 Å². The Balaban J connectivity index is 3.25. The van der Waals surface area contributed by atoms with Gasteiger partial charge in [0.15, 0.2) is 5.82 Å². The van der Waals surface area contributed by atoms with Crippen molar-refractivity contribution in [2.75, 3.05) is 5.32 Å². The summed E-state index contributed by atoms with van der Waals surface area (Å²) < 4.78 is 14.3. The monoisotopic (exact) mass is 407 g/mol. The zero-order chi connectivity index (χ0) is 13.0. The van der Waals surface area contributed by atoms with Crippen LogP contribution in [0.1, 0.15) is 12.0 Å². The highest BCUT2D eigenvalue weighted by atomic mass is 127. The van der Waals surface area contributed by atoms with Gasteiger partial charge < -0.3 is 5.32 Å². The molecule has 0 saturated heterocycles. The van der Waals surface area contributed by atoms with Gasteiger partial charge in [0.1, 0.15) is 18.1 Å². The SMILES string of the molecule is N#CCC(=O)Nc1c(I)cc(Br)c(F)c1C#N. The fourth-order valence-corrected chi connectivity index (χ4v) is 2.65. The molecule has 17 heavy (non-hydrogen) atoms. The Labute approximate surface area is 119 Å². The van der Waals surface area contributed by atoms with Crippen LogP contribution in [0.15, 0.2) is 10.5 Å². The minimum Gasteiger partial charge on any atom is -0.323 e. The van der Waals surface area contributed by atoms with E-state index in [0.717, 1.165) is 0 Å². The number of anilines is 1. The lowest BCUT2D eigenvalue weighted by molar-refractivity contribution is -0.115. The number of carbonyl (C=O) groups is 1. The molecule has 1 rings (SSSR count). The average Bonchev–Trinajstić information content (AvgIpc) is 2.27. The van der Waals surface area contributed by atoms with Crippen LogP contribution >= 0.6 is 38.5 Å². The second-order valence-electron chi connectivity index (χ2n) is 2.90. The molecular weight excluding hydrogens is 404 g/mol. The Hall–Kier alpha value is -1.19. The van der Waals surface area contributed by atoms with Gasteiger partial charge in [-0.1, -0.05) is 0 Å². The number of hydrogen-bond acceptors (Lipinski definition) is 3. The molecule has 1 aromatic rings. The Bertz CT molecular complexity index is 562. The highest BCUT2D eigenvalue weighted by Crippen LogP contribution is 2.30. The maximum absolute atomic E-state index is 13.6. The van der Waals surface area contributed by atoms with Crippen molar-refractivity contribution in [2.45, 2.75) is 6.42 Å². The summed E-state index contributed by atoms with van der Waals surface area (Å²) in [7, 11) is 0. The summed E-state index contributed by atoms with van der Waals surface area (Å²) in [5.74, 6) is -1.32. The number of rotatable bonds is 2. The van der Waals surface area contributed by atoms with Crippen molar-refractivity contribution >= 4 is 50.1 Å².